The number of nitrogens with zero attached hydrogens (tertiary/aromatic N) is 1. The summed E-state index contributed by atoms with van der Waals surface area (Å²) in [5.74, 6) is 0.769. The van der Waals surface area contributed by atoms with E-state index in [0.29, 0.717) is 10.7 Å². The van der Waals surface area contributed by atoms with Crippen molar-refractivity contribution in [3.05, 3.63) is 35.2 Å². The van der Waals surface area contributed by atoms with E-state index in [-0.39, 0.29) is 0 Å². The van der Waals surface area contributed by atoms with E-state index in [4.69, 9.17) is 21.9 Å². The van der Waals surface area contributed by atoms with Crippen LogP contribution in [0.1, 0.15) is 5.76 Å². The van der Waals surface area contributed by atoms with Gasteiger partial charge in [0, 0.05) is 5.56 Å². The van der Waals surface area contributed by atoms with E-state index < -0.39 is 0 Å². The number of halogens is 1. The summed E-state index contributed by atoms with van der Waals surface area (Å²) in [5.41, 5.74) is 8.08. The number of hydrogen-bond acceptors (Lipinski definition) is 3. The molecule has 0 aliphatic heterocycles. The van der Waals surface area contributed by atoms with Crippen molar-refractivity contribution in [2.75, 3.05) is 5.73 Å². The average molecular weight is 209 g/mol. The number of hydrogen-bond donors (Lipinski definition) is 1. The molecular formula is C10H9ClN2O. The van der Waals surface area contributed by atoms with Crippen molar-refractivity contribution in [3.8, 4) is 11.1 Å². The van der Waals surface area contributed by atoms with Gasteiger partial charge in [-0.3, -0.25) is 0 Å². The first-order chi connectivity index (χ1) is 6.68. The lowest BCUT2D eigenvalue weighted by atomic mass is 10.1. The van der Waals surface area contributed by atoms with Gasteiger partial charge in [-0.25, -0.2) is 0 Å². The van der Waals surface area contributed by atoms with Crippen LogP contribution in [0.15, 0.2) is 28.9 Å². The molecule has 0 aliphatic carbocycles. The molecule has 0 aliphatic rings. The van der Waals surface area contributed by atoms with Crippen molar-refractivity contribution in [2.45, 2.75) is 6.92 Å². The third kappa shape index (κ3) is 1.46. The highest BCUT2D eigenvalue weighted by atomic mass is 35.5. The molecule has 14 heavy (non-hydrogen) atoms. The molecule has 0 saturated heterocycles. The van der Waals surface area contributed by atoms with Crippen LogP contribution in [-0.4, -0.2) is 5.16 Å². The van der Waals surface area contributed by atoms with Gasteiger partial charge in [-0.15, -0.1) is 0 Å². The summed E-state index contributed by atoms with van der Waals surface area (Å²) >= 11 is 5.91. The van der Waals surface area contributed by atoms with Gasteiger partial charge >= 0.3 is 0 Å². The van der Waals surface area contributed by atoms with Crippen LogP contribution in [0, 0.1) is 6.92 Å². The van der Waals surface area contributed by atoms with Crippen LogP contribution >= 0.6 is 11.6 Å². The van der Waals surface area contributed by atoms with E-state index in [9.17, 15) is 0 Å². The zero-order chi connectivity index (χ0) is 10.1. The standard InChI is InChI=1S/C10H9ClN2O/c1-6-8(5-13-14-6)7-2-3-10(12)9(11)4-7/h2-5H,12H2,1H3. The average Bonchev–Trinajstić information content (AvgIpc) is 2.57. The Morgan fingerprint density at radius 3 is 2.79 bits per heavy atom. The third-order valence-electron chi connectivity index (χ3n) is 2.06. The van der Waals surface area contributed by atoms with Crippen LogP contribution in [0.3, 0.4) is 0 Å². The number of rotatable bonds is 1. The Labute approximate surface area is 86.5 Å². The van der Waals surface area contributed by atoms with Crippen LogP contribution in [0.5, 0.6) is 0 Å². The molecule has 2 N–H and O–H groups in total. The van der Waals surface area contributed by atoms with E-state index in [1.54, 1.807) is 18.3 Å². The lowest BCUT2D eigenvalue weighted by Crippen LogP contribution is -1.86. The predicted molar refractivity (Wildman–Crippen MR) is 56.1 cm³/mol. The minimum absolute atomic E-state index is 0.545. The lowest BCUT2D eigenvalue weighted by molar-refractivity contribution is 0.398. The molecule has 0 radical (unpaired) electrons. The van der Waals surface area contributed by atoms with Crippen LogP contribution in [0.2, 0.25) is 5.02 Å². The smallest absolute Gasteiger partial charge is 0.141 e. The molecule has 0 unspecified atom stereocenters. The van der Waals surface area contributed by atoms with Crippen LogP contribution < -0.4 is 5.73 Å². The second-order valence-corrected chi connectivity index (χ2v) is 3.44. The largest absolute Gasteiger partial charge is 0.398 e. The van der Waals surface area contributed by atoms with Gasteiger partial charge in [0.25, 0.3) is 0 Å². The number of benzene rings is 1. The maximum Gasteiger partial charge on any atom is 0.141 e. The van der Waals surface area contributed by atoms with E-state index in [2.05, 4.69) is 5.16 Å². The predicted octanol–water partition coefficient (Wildman–Crippen LogP) is 2.89. The van der Waals surface area contributed by atoms with Gasteiger partial charge in [0.05, 0.1) is 16.9 Å². The van der Waals surface area contributed by atoms with Crippen molar-refractivity contribution >= 4 is 17.3 Å². The summed E-state index contributed by atoms with van der Waals surface area (Å²) in [4.78, 5) is 0. The molecule has 3 nitrogen and oxygen atoms in total. The number of nitrogens with two attached hydrogens (primary N) is 1. The topological polar surface area (TPSA) is 52.0 Å². The molecule has 0 atom stereocenters. The molecule has 0 fully saturated rings. The minimum Gasteiger partial charge on any atom is -0.398 e. The number of anilines is 1. The lowest BCUT2D eigenvalue weighted by Gasteiger charge is -2.01. The zero-order valence-corrected chi connectivity index (χ0v) is 8.38. The summed E-state index contributed by atoms with van der Waals surface area (Å²) in [6, 6.07) is 5.46. The monoisotopic (exact) mass is 208 g/mol. The summed E-state index contributed by atoms with van der Waals surface area (Å²) in [5, 5.41) is 4.25. The van der Waals surface area contributed by atoms with E-state index in [0.717, 1.165) is 16.9 Å². The van der Waals surface area contributed by atoms with Crippen molar-refractivity contribution in [3.63, 3.8) is 0 Å². The fraction of sp³-hybridized carbons (Fsp3) is 0.100. The Morgan fingerprint density at radius 1 is 1.43 bits per heavy atom. The van der Waals surface area contributed by atoms with Crippen LogP contribution in [0.4, 0.5) is 5.69 Å². The first kappa shape index (κ1) is 9.09. The molecule has 0 spiro atoms. The Balaban J connectivity index is 2.53. The van der Waals surface area contributed by atoms with Gasteiger partial charge in [-0.1, -0.05) is 22.8 Å². The Hall–Kier alpha value is -1.48. The van der Waals surface area contributed by atoms with Gasteiger partial charge in [-0.2, -0.15) is 0 Å². The number of aromatic nitrogens is 1. The van der Waals surface area contributed by atoms with Gasteiger partial charge in [0.2, 0.25) is 0 Å². The highest BCUT2D eigenvalue weighted by molar-refractivity contribution is 6.33. The normalized spacial score (nSPS) is 10.4. The summed E-state index contributed by atoms with van der Waals surface area (Å²) < 4.78 is 4.96. The van der Waals surface area contributed by atoms with E-state index in [1.807, 2.05) is 13.0 Å². The first-order valence-electron chi connectivity index (χ1n) is 4.15. The van der Waals surface area contributed by atoms with E-state index >= 15 is 0 Å². The molecule has 1 aromatic carbocycles. The highest BCUT2D eigenvalue weighted by Gasteiger charge is 2.07. The summed E-state index contributed by atoms with van der Waals surface area (Å²) in [7, 11) is 0. The molecule has 4 heteroatoms. The fourth-order valence-electron chi connectivity index (χ4n) is 1.27. The Bertz CT molecular complexity index is 465. The fourth-order valence-corrected chi connectivity index (χ4v) is 1.45. The van der Waals surface area contributed by atoms with E-state index in [1.165, 1.54) is 0 Å². The molecule has 1 aromatic heterocycles. The third-order valence-corrected chi connectivity index (χ3v) is 2.39. The SMILES string of the molecule is Cc1oncc1-c1ccc(N)c(Cl)c1. The van der Waals surface area contributed by atoms with Gasteiger partial charge in [0.1, 0.15) is 5.76 Å². The van der Waals surface area contributed by atoms with Crippen molar-refractivity contribution in [1.82, 2.24) is 5.16 Å². The van der Waals surface area contributed by atoms with Crippen LogP contribution in [0.25, 0.3) is 11.1 Å². The molecule has 2 rings (SSSR count). The minimum atomic E-state index is 0.545. The second kappa shape index (κ2) is 3.35. The van der Waals surface area contributed by atoms with Gasteiger partial charge in [-0.05, 0) is 24.6 Å². The molecule has 72 valence electrons. The maximum absolute atomic E-state index is 5.91. The second-order valence-electron chi connectivity index (χ2n) is 3.03. The molecule has 0 bridgehead atoms. The molecule has 1 heterocycles. The van der Waals surface area contributed by atoms with Crippen molar-refractivity contribution in [2.24, 2.45) is 0 Å². The Kier molecular flexibility index (Phi) is 2.17. The molecular weight excluding hydrogens is 200 g/mol. The summed E-state index contributed by atoms with van der Waals surface area (Å²) in [6.45, 7) is 1.85. The summed E-state index contributed by atoms with van der Waals surface area (Å²) in [6.07, 6.45) is 1.66. The quantitative estimate of drug-likeness (QED) is 0.734. The molecule has 2 aromatic rings. The number of aryl methyl sites for hydroxylation is 1. The Morgan fingerprint density at radius 2 is 2.21 bits per heavy atom. The number of nitrogen functional groups attached to an aromatic ring is 1. The first-order valence-corrected chi connectivity index (χ1v) is 4.53. The van der Waals surface area contributed by atoms with Gasteiger partial charge < -0.3 is 10.3 Å². The van der Waals surface area contributed by atoms with Crippen LogP contribution in [-0.2, 0) is 0 Å². The maximum atomic E-state index is 5.91. The molecule has 0 saturated carbocycles. The zero-order valence-electron chi connectivity index (χ0n) is 7.62. The van der Waals surface area contributed by atoms with Crippen molar-refractivity contribution in [1.29, 1.82) is 0 Å². The van der Waals surface area contributed by atoms with Gasteiger partial charge in [0.15, 0.2) is 0 Å². The van der Waals surface area contributed by atoms with Crippen molar-refractivity contribution < 1.29 is 4.52 Å². The molecule has 0 amide bonds. The highest BCUT2D eigenvalue weighted by Crippen LogP contribution is 2.28.